The van der Waals surface area contributed by atoms with E-state index in [0.29, 0.717) is 0 Å². The fourth-order valence-electron chi connectivity index (χ4n) is 1.07. The molecule has 0 radical (unpaired) electrons. The van der Waals surface area contributed by atoms with Crippen LogP contribution in [-0.4, -0.2) is 36.9 Å². The molecule has 14 heteroatoms. The molecule has 11 nitrogen and oxygen atoms in total. The molecular formula is C9H5Cl3N6O5. The number of nitro groups is 2. The van der Waals surface area contributed by atoms with E-state index in [2.05, 4.69) is 24.7 Å². The lowest BCUT2D eigenvalue weighted by Gasteiger charge is -1.98. The average molecular weight is 384 g/mol. The fourth-order valence-corrected chi connectivity index (χ4v) is 1.57. The van der Waals surface area contributed by atoms with Gasteiger partial charge in [0.1, 0.15) is 12.4 Å². The summed E-state index contributed by atoms with van der Waals surface area (Å²) < 4.78 is 4.61. The maximum Gasteiger partial charge on any atom is 0.349 e. The van der Waals surface area contributed by atoms with Gasteiger partial charge in [-0.15, -0.1) is 0 Å². The lowest BCUT2D eigenvalue weighted by atomic mass is 10.5. The number of aromatic nitrogens is 4. The first-order valence-corrected chi connectivity index (χ1v) is 6.43. The first kappa shape index (κ1) is 18.7. The summed E-state index contributed by atoms with van der Waals surface area (Å²) >= 11 is 16.0. The zero-order valence-electron chi connectivity index (χ0n) is 11.0. The van der Waals surface area contributed by atoms with Gasteiger partial charge >= 0.3 is 11.4 Å². The molecule has 0 amide bonds. The number of rotatable bonds is 3. The first-order valence-electron chi connectivity index (χ1n) is 5.29. The van der Waals surface area contributed by atoms with Gasteiger partial charge in [-0.2, -0.15) is 9.97 Å². The smallest absolute Gasteiger partial charge is 0.349 e. The van der Waals surface area contributed by atoms with Crippen molar-refractivity contribution in [1.82, 2.24) is 19.9 Å². The Labute approximate surface area is 142 Å². The minimum absolute atomic E-state index is 0.0857. The van der Waals surface area contributed by atoms with Crippen LogP contribution < -0.4 is 4.74 Å². The first-order chi connectivity index (χ1) is 10.8. The summed E-state index contributed by atoms with van der Waals surface area (Å²) in [6.07, 6.45) is 1.95. The number of hydrogen-bond acceptors (Lipinski definition) is 9. The van der Waals surface area contributed by atoms with Gasteiger partial charge in [-0.1, -0.05) is 11.6 Å². The molecule has 0 aromatic carbocycles. The van der Waals surface area contributed by atoms with Crippen molar-refractivity contribution in [3.63, 3.8) is 0 Å². The van der Waals surface area contributed by atoms with E-state index in [-0.39, 0.29) is 33.0 Å². The summed E-state index contributed by atoms with van der Waals surface area (Å²) in [5.41, 5.74) is -0.655. The summed E-state index contributed by atoms with van der Waals surface area (Å²) in [7, 11) is 1.27. The second-order valence-electron chi connectivity index (χ2n) is 3.36. The lowest BCUT2D eigenvalue weighted by Crippen LogP contribution is -1.97. The Balaban J connectivity index is 0.000000231. The third-order valence-electron chi connectivity index (χ3n) is 1.99. The quantitative estimate of drug-likeness (QED) is 0.337. The van der Waals surface area contributed by atoms with Crippen LogP contribution in [0, 0.1) is 20.2 Å². The van der Waals surface area contributed by atoms with Crippen molar-refractivity contribution < 1.29 is 14.6 Å². The van der Waals surface area contributed by atoms with Gasteiger partial charge in [-0.3, -0.25) is 20.2 Å². The summed E-state index contributed by atoms with van der Waals surface area (Å²) in [6, 6.07) is 0. The van der Waals surface area contributed by atoms with E-state index in [0.717, 1.165) is 12.4 Å². The van der Waals surface area contributed by atoms with Gasteiger partial charge in [0, 0.05) is 0 Å². The Hall–Kier alpha value is -2.37. The number of nitrogens with zero attached hydrogens (tertiary/aromatic N) is 6. The Morgan fingerprint density at radius 3 is 1.87 bits per heavy atom. The largest absolute Gasteiger partial charge is 0.476 e. The summed E-state index contributed by atoms with van der Waals surface area (Å²) in [4.78, 5) is 32.8. The van der Waals surface area contributed by atoms with E-state index in [4.69, 9.17) is 34.8 Å². The van der Waals surface area contributed by atoms with E-state index >= 15 is 0 Å². The Morgan fingerprint density at radius 2 is 1.43 bits per heavy atom. The highest BCUT2D eigenvalue weighted by molar-refractivity contribution is 6.33. The van der Waals surface area contributed by atoms with Crippen LogP contribution in [0.5, 0.6) is 5.88 Å². The number of hydrogen-bond donors (Lipinski definition) is 0. The molecule has 122 valence electrons. The van der Waals surface area contributed by atoms with Gasteiger partial charge in [-0.05, 0) is 23.2 Å². The molecule has 0 atom stereocenters. The minimum Gasteiger partial charge on any atom is -0.476 e. The maximum absolute atomic E-state index is 10.3. The number of halogens is 3. The molecule has 0 saturated carbocycles. The molecule has 0 bridgehead atoms. The Bertz CT molecular complexity index is 746. The third kappa shape index (κ3) is 5.39. The van der Waals surface area contributed by atoms with Gasteiger partial charge in [0.15, 0.2) is 0 Å². The van der Waals surface area contributed by atoms with Crippen LogP contribution in [0.2, 0.25) is 15.7 Å². The molecule has 0 aliphatic heterocycles. The molecule has 0 spiro atoms. The molecule has 0 saturated heterocycles. The highest BCUT2D eigenvalue weighted by atomic mass is 35.5. The highest BCUT2D eigenvalue weighted by Gasteiger charge is 2.17. The average Bonchev–Trinajstić information content (AvgIpc) is 2.46. The monoisotopic (exact) mass is 382 g/mol. The van der Waals surface area contributed by atoms with E-state index in [1.807, 2.05) is 0 Å². The molecule has 2 aromatic rings. The second kappa shape index (κ2) is 8.31. The van der Waals surface area contributed by atoms with Crippen LogP contribution in [-0.2, 0) is 0 Å². The van der Waals surface area contributed by atoms with Crippen LogP contribution >= 0.6 is 34.8 Å². The van der Waals surface area contributed by atoms with Gasteiger partial charge in [0.2, 0.25) is 15.7 Å². The summed E-state index contributed by atoms with van der Waals surface area (Å²) in [5, 5.41) is 20.0. The zero-order valence-corrected chi connectivity index (χ0v) is 13.3. The molecular weight excluding hydrogens is 378 g/mol. The van der Waals surface area contributed by atoms with Gasteiger partial charge in [-0.25, -0.2) is 9.97 Å². The van der Waals surface area contributed by atoms with Crippen molar-refractivity contribution in [2.75, 3.05) is 7.11 Å². The van der Waals surface area contributed by atoms with Crippen molar-refractivity contribution in [1.29, 1.82) is 0 Å². The van der Waals surface area contributed by atoms with Crippen molar-refractivity contribution in [3.05, 3.63) is 48.3 Å². The predicted octanol–water partition coefficient (Wildman–Crippen LogP) is 2.74. The Kier molecular flexibility index (Phi) is 6.75. The number of ether oxygens (including phenoxy) is 1. The zero-order chi connectivity index (χ0) is 17.6. The fraction of sp³-hybridized carbons (Fsp3) is 0.111. The van der Waals surface area contributed by atoms with E-state index in [1.165, 1.54) is 7.11 Å². The van der Waals surface area contributed by atoms with Crippen LogP contribution in [0.25, 0.3) is 0 Å². The van der Waals surface area contributed by atoms with Crippen LogP contribution in [0.3, 0.4) is 0 Å². The van der Waals surface area contributed by atoms with Crippen LogP contribution in [0.1, 0.15) is 0 Å². The normalized spacial score (nSPS) is 9.57. The molecule has 2 rings (SSSR count). The number of methoxy groups -OCH3 is 1. The lowest BCUT2D eigenvalue weighted by molar-refractivity contribution is -0.386. The molecule has 2 aromatic heterocycles. The molecule has 2 heterocycles. The minimum atomic E-state index is -0.682. The van der Waals surface area contributed by atoms with Crippen molar-refractivity contribution >= 4 is 46.2 Å². The van der Waals surface area contributed by atoms with E-state index < -0.39 is 9.85 Å². The highest BCUT2D eigenvalue weighted by Crippen LogP contribution is 2.23. The van der Waals surface area contributed by atoms with Crippen LogP contribution in [0.15, 0.2) is 12.4 Å². The van der Waals surface area contributed by atoms with E-state index in [9.17, 15) is 20.2 Å². The van der Waals surface area contributed by atoms with Crippen LogP contribution in [0.4, 0.5) is 11.4 Å². The molecule has 0 fully saturated rings. The van der Waals surface area contributed by atoms with Crippen molar-refractivity contribution in [3.8, 4) is 5.88 Å². The summed E-state index contributed by atoms with van der Waals surface area (Å²) in [5.74, 6) is -0.139. The van der Waals surface area contributed by atoms with Gasteiger partial charge < -0.3 is 4.74 Å². The van der Waals surface area contributed by atoms with Crippen molar-refractivity contribution in [2.45, 2.75) is 0 Å². The maximum atomic E-state index is 10.3. The second-order valence-corrected chi connectivity index (χ2v) is 4.40. The molecule has 0 aliphatic rings. The van der Waals surface area contributed by atoms with E-state index in [1.54, 1.807) is 0 Å². The SMILES string of the molecule is COc1nc(Cl)ncc1[N+](=O)[O-].O=[N+]([O-])c1cnc(Cl)nc1Cl. The third-order valence-corrected chi connectivity index (χ3v) is 2.63. The molecule has 0 N–H and O–H groups in total. The molecule has 23 heavy (non-hydrogen) atoms. The summed E-state index contributed by atoms with van der Waals surface area (Å²) in [6.45, 7) is 0. The Morgan fingerprint density at radius 1 is 0.957 bits per heavy atom. The molecule has 0 unspecified atom stereocenters. The predicted molar refractivity (Wildman–Crippen MR) is 79.0 cm³/mol. The van der Waals surface area contributed by atoms with Crippen molar-refractivity contribution in [2.24, 2.45) is 0 Å². The van der Waals surface area contributed by atoms with Gasteiger partial charge in [0.05, 0.1) is 17.0 Å². The molecule has 0 aliphatic carbocycles. The topological polar surface area (TPSA) is 147 Å². The standard InChI is InChI=1S/C5H4ClN3O3.C4HCl2N3O2/c1-12-4-3(9(10)11)2-7-5(6)8-4;5-3-2(9(10)11)1-7-4(6)8-3/h2H,1H3;1H. The van der Waals surface area contributed by atoms with Gasteiger partial charge in [0.25, 0.3) is 5.88 Å².